The third kappa shape index (κ3) is 1.89. The van der Waals surface area contributed by atoms with E-state index in [4.69, 9.17) is 0 Å². The number of nitrogens with zero attached hydrogens (tertiary/aromatic N) is 1. The Kier molecular flexibility index (Phi) is 4.13. The maximum absolute atomic E-state index is 3.67. The van der Waals surface area contributed by atoms with E-state index >= 15 is 0 Å². The van der Waals surface area contributed by atoms with Gasteiger partial charge in [-0.2, -0.15) is 0 Å². The first-order chi connectivity index (χ1) is 2.50. The van der Waals surface area contributed by atoms with Gasteiger partial charge < -0.3 is 4.98 Å². The zero-order valence-corrected chi connectivity index (χ0v) is 6.32. The van der Waals surface area contributed by atoms with Gasteiger partial charge in [0, 0.05) is 12.4 Å². The van der Waals surface area contributed by atoms with Gasteiger partial charge in [-0.15, -0.1) is 0 Å². The van der Waals surface area contributed by atoms with E-state index in [0.29, 0.717) is 0 Å². The van der Waals surface area contributed by atoms with E-state index in [1.165, 1.54) is 0 Å². The summed E-state index contributed by atoms with van der Waals surface area (Å²) in [6.45, 7) is 0. The molecule has 0 unspecified atom stereocenters. The Morgan fingerprint density at radius 3 is 2.50 bits per heavy atom. The molecule has 0 bridgehead atoms. The molecule has 0 aliphatic rings. The summed E-state index contributed by atoms with van der Waals surface area (Å²) in [4.78, 5) is 6.42. The van der Waals surface area contributed by atoms with Gasteiger partial charge in [-0.05, 0) is 0 Å². The van der Waals surface area contributed by atoms with Crippen molar-refractivity contribution < 1.29 is 41.7 Å². The van der Waals surface area contributed by atoms with E-state index in [0.717, 1.165) is 0 Å². The predicted molar refractivity (Wildman–Crippen MR) is 18.6 cm³/mol. The van der Waals surface area contributed by atoms with Crippen molar-refractivity contribution in [3.05, 3.63) is 18.7 Å². The third-order valence-corrected chi connectivity index (χ3v) is 0.406. The summed E-state index contributed by atoms with van der Waals surface area (Å²) in [7, 11) is 0. The molecule has 0 atom stereocenters. The van der Waals surface area contributed by atoms with Crippen molar-refractivity contribution in [3.8, 4) is 0 Å². The zero-order chi connectivity index (χ0) is 3.54. The second kappa shape index (κ2) is 3.77. The van der Waals surface area contributed by atoms with E-state index in [-0.39, 0.29) is 41.7 Å². The number of hydrogen-bond acceptors (Lipinski definition) is 1. The molecule has 0 spiro atoms. The standard InChI is InChI=1S/C3H4N2.Ce/c1-2-5-3-4-1;/h1-3H,(H,4,5);/q;+4. The van der Waals surface area contributed by atoms with Crippen LogP contribution < -0.4 is 0 Å². The minimum atomic E-state index is 0. The molecule has 0 saturated carbocycles. The Labute approximate surface area is 69.7 Å². The quantitative estimate of drug-likeness (QED) is 0.657. The van der Waals surface area contributed by atoms with Crippen LogP contribution in [0.25, 0.3) is 0 Å². The number of aromatic nitrogens is 2. The van der Waals surface area contributed by atoms with Crippen molar-refractivity contribution in [1.82, 2.24) is 9.97 Å². The van der Waals surface area contributed by atoms with Gasteiger partial charge in [0.05, 0.1) is 6.33 Å². The maximum atomic E-state index is 3.67. The van der Waals surface area contributed by atoms with Crippen LogP contribution in [0.15, 0.2) is 18.7 Å². The van der Waals surface area contributed by atoms with Crippen molar-refractivity contribution in [3.63, 3.8) is 0 Å². The van der Waals surface area contributed by atoms with Crippen molar-refractivity contribution >= 4 is 0 Å². The van der Waals surface area contributed by atoms with E-state index in [1.807, 2.05) is 0 Å². The minimum Gasteiger partial charge on any atom is -0.351 e. The van der Waals surface area contributed by atoms with Crippen LogP contribution in [0.4, 0.5) is 0 Å². The van der Waals surface area contributed by atoms with Crippen molar-refractivity contribution in [2.75, 3.05) is 0 Å². The number of aromatic amines is 1. The summed E-state index contributed by atoms with van der Waals surface area (Å²) in [5.74, 6) is 0. The molecule has 0 aliphatic heterocycles. The number of nitrogens with one attached hydrogen (secondary N) is 1. The summed E-state index contributed by atoms with van der Waals surface area (Å²) in [6, 6.07) is 0. The number of H-pyrrole nitrogens is 1. The minimum absolute atomic E-state index is 0. The molecule has 0 saturated heterocycles. The van der Waals surface area contributed by atoms with Gasteiger partial charge in [-0.25, -0.2) is 4.98 Å². The van der Waals surface area contributed by atoms with Gasteiger partial charge in [-0.1, -0.05) is 0 Å². The third-order valence-electron chi connectivity index (χ3n) is 0.406. The molecule has 0 aliphatic carbocycles. The van der Waals surface area contributed by atoms with Crippen LogP contribution in [-0.4, -0.2) is 9.97 Å². The average Bonchev–Trinajstić information content (AvgIpc) is 1.76. The largest absolute Gasteiger partial charge is 4.00 e. The smallest absolute Gasteiger partial charge is 0.351 e. The van der Waals surface area contributed by atoms with Crippen LogP contribution in [0.5, 0.6) is 0 Å². The van der Waals surface area contributed by atoms with Gasteiger partial charge in [0.2, 0.25) is 0 Å². The molecular weight excluding hydrogens is 204 g/mol. The van der Waals surface area contributed by atoms with E-state index in [1.54, 1.807) is 18.7 Å². The summed E-state index contributed by atoms with van der Waals surface area (Å²) in [5, 5.41) is 0. The molecule has 1 aromatic rings. The Morgan fingerprint density at radius 2 is 2.33 bits per heavy atom. The van der Waals surface area contributed by atoms with Crippen LogP contribution >= 0.6 is 0 Å². The summed E-state index contributed by atoms with van der Waals surface area (Å²) in [6.07, 6.45) is 5.08. The van der Waals surface area contributed by atoms with E-state index in [2.05, 4.69) is 9.97 Å². The topological polar surface area (TPSA) is 28.7 Å². The van der Waals surface area contributed by atoms with Crippen molar-refractivity contribution in [2.24, 2.45) is 0 Å². The van der Waals surface area contributed by atoms with E-state index in [9.17, 15) is 0 Å². The molecule has 26 valence electrons. The number of hydrogen-bond donors (Lipinski definition) is 1. The monoisotopic (exact) mass is 208 g/mol. The molecule has 0 fully saturated rings. The summed E-state index contributed by atoms with van der Waals surface area (Å²) >= 11 is 0. The molecule has 6 heavy (non-hydrogen) atoms. The summed E-state index contributed by atoms with van der Waals surface area (Å²) in [5.41, 5.74) is 0. The van der Waals surface area contributed by atoms with Crippen LogP contribution in [0.3, 0.4) is 0 Å². The predicted octanol–water partition coefficient (Wildman–Crippen LogP) is 0.410. The molecular formula is C3H4CeN2+4. The SMILES string of the molecule is [Ce+4].c1c[nH]cn1. The fraction of sp³-hybridized carbons (Fsp3) is 0. The first-order valence-corrected chi connectivity index (χ1v) is 1.43. The molecule has 1 heterocycles. The summed E-state index contributed by atoms with van der Waals surface area (Å²) < 4.78 is 0. The molecule has 2 nitrogen and oxygen atoms in total. The van der Waals surface area contributed by atoms with Gasteiger partial charge >= 0.3 is 41.7 Å². The molecule has 1 N–H and O–H groups in total. The van der Waals surface area contributed by atoms with Crippen LogP contribution in [0, 0.1) is 41.7 Å². The zero-order valence-electron chi connectivity index (χ0n) is 3.18. The Hall–Kier alpha value is 0.587. The first-order valence-electron chi connectivity index (χ1n) is 1.43. The van der Waals surface area contributed by atoms with Crippen molar-refractivity contribution in [1.29, 1.82) is 0 Å². The molecule has 1 aromatic heterocycles. The average molecular weight is 208 g/mol. The Bertz CT molecular complexity index is 65.3. The van der Waals surface area contributed by atoms with E-state index < -0.39 is 0 Å². The molecule has 3 heteroatoms. The normalized spacial score (nSPS) is 6.67. The van der Waals surface area contributed by atoms with Gasteiger partial charge in [0.25, 0.3) is 0 Å². The van der Waals surface area contributed by atoms with Crippen LogP contribution in [0.2, 0.25) is 0 Å². The fourth-order valence-corrected chi connectivity index (χ4v) is 0.215. The molecule has 1 rings (SSSR count). The maximum Gasteiger partial charge on any atom is 4.00 e. The second-order valence-electron chi connectivity index (χ2n) is 0.761. The number of imidazole rings is 1. The number of rotatable bonds is 0. The van der Waals surface area contributed by atoms with Crippen LogP contribution in [0.1, 0.15) is 0 Å². The Balaban J connectivity index is 0.000000250. The molecule has 0 radical (unpaired) electrons. The molecule has 0 aromatic carbocycles. The second-order valence-corrected chi connectivity index (χ2v) is 0.761. The van der Waals surface area contributed by atoms with Crippen LogP contribution in [-0.2, 0) is 0 Å². The first kappa shape index (κ1) is 6.59. The van der Waals surface area contributed by atoms with Gasteiger partial charge in [0.15, 0.2) is 0 Å². The Morgan fingerprint density at radius 1 is 1.50 bits per heavy atom. The molecule has 0 amide bonds. The fourth-order valence-electron chi connectivity index (χ4n) is 0.215. The van der Waals surface area contributed by atoms with Gasteiger partial charge in [-0.3, -0.25) is 0 Å². The van der Waals surface area contributed by atoms with Crippen molar-refractivity contribution in [2.45, 2.75) is 0 Å². The van der Waals surface area contributed by atoms with Gasteiger partial charge in [0.1, 0.15) is 0 Å².